The molecule has 1 aromatic heterocycles. The van der Waals surface area contributed by atoms with Crippen LogP contribution in [0.1, 0.15) is 64.2 Å². The van der Waals surface area contributed by atoms with Crippen molar-refractivity contribution in [1.29, 1.82) is 0 Å². The van der Waals surface area contributed by atoms with Crippen molar-refractivity contribution in [3.63, 3.8) is 0 Å². The number of nitrogens with zero attached hydrogens (tertiary/aromatic N) is 4. The summed E-state index contributed by atoms with van der Waals surface area (Å²) in [7, 11) is 4.02. The summed E-state index contributed by atoms with van der Waals surface area (Å²) in [5.74, 6) is 0.735. The van der Waals surface area contributed by atoms with Crippen molar-refractivity contribution in [2.45, 2.75) is 58.4 Å². The Kier molecular flexibility index (Phi) is 10.0. The molecule has 0 aliphatic heterocycles. The fraction of sp³-hybridized carbons (Fsp3) is 0.464. The van der Waals surface area contributed by atoms with Crippen molar-refractivity contribution in [2.75, 3.05) is 27.2 Å². The Morgan fingerprint density at radius 3 is 2.37 bits per heavy atom. The first-order valence-corrected chi connectivity index (χ1v) is 13.4. The van der Waals surface area contributed by atoms with Crippen LogP contribution in [-0.2, 0) is 4.79 Å². The van der Waals surface area contributed by atoms with Crippen LogP contribution in [0.3, 0.4) is 0 Å². The quantitative estimate of drug-likeness (QED) is 0.266. The Bertz CT molecular complexity index is 1170. The molecule has 0 saturated carbocycles. The maximum atomic E-state index is 13.8. The molecule has 3 aromatic rings. The molecule has 0 bridgehead atoms. The Morgan fingerprint density at radius 2 is 1.71 bits per heavy atom. The summed E-state index contributed by atoms with van der Waals surface area (Å²) in [6.07, 6.45) is 5.38. The highest BCUT2D eigenvalue weighted by Gasteiger charge is 2.28. The predicted molar refractivity (Wildman–Crippen MR) is 147 cm³/mol. The Balaban J connectivity index is 2.13. The second-order valence-corrected chi connectivity index (χ2v) is 10.1. The van der Waals surface area contributed by atoms with Gasteiger partial charge in [-0.3, -0.25) is 14.2 Å². The molecule has 0 spiro atoms. The number of carbonyl (C=O) groups is 1. The molecule has 0 aliphatic rings. The normalized spacial score (nSPS) is 12.3. The zero-order valence-electron chi connectivity index (χ0n) is 21.3. The first kappa shape index (κ1) is 27.1. The van der Waals surface area contributed by atoms with Crippen LogP contribution in [0.5, 0.6) is 0 Å². The highest BCUT2D eigenvalue weighted by molar-refractivity contribution is 9.10. The summed E-state index contributed by atoms with van der Waals surface area (Å²) in [5.41, 5.74) is 1.28. The number of aromatic nitrogens is 2. The number of amides is 1. The number of benzene rings is 2. The van der Waals surface area contributed by atoms with E-state index in [1.165, 1.54) is 0 Å². The lowest BCUT2D eigenvalue weighted by Gasteiger charge is -2.33. The maximum absolute atomic E-state index is 13.8. The lowest BCUT2D eigenvalue weighted by molar-refractivity contribution is -0.134. The number of hydrogen-bond donors (Lipinski definition) is 0. The van der Waals surface area contributed by atoms with E-state index in [4.69, 9.17) is 4.98 Å². The summed E-state index contributed by atoms with van der Waals surface area (Å²) in [4.78, 5) is 36.3. The minimum atomic E-state index is -0.311. The van der Waals surface area contributed by atoms with E-state index in [1.54, 1.807) is 4.57 Å². The number of halogens is 1. The van der Waals surface area contributed by atoms with E-state index in [2.05, 4.69) is 34.7 Å². The standard InChI is InChI=1S/C28H37BrN4O2/c1-5-7-8-9-14-26(34)32(20-19-31(3)4)25(6-2)27-30-24-13-11-10-12-23(24)28(35)33(27)22-17-15-21(29)16-18-22/h10-13,15-18,25H,5-9,14,19-20H2,1-4H3. The van der Waals surface area contributed by atoms with Crippen LogP contribution in [0, 0.1) is 0 Å². The first-order valence-electron chi connectivity index (χ1n) is 12.6. The Hall–Kier alpha value is -2.51. The highest BCUT2D eigenvalue weighted by Crippen LogP contribution is 2.27. The van der Waals surface area contributed by atoms with Crippen LogP contribution in [-0.4, -0.2) is 52.4 Å². The first-order chi connectivity index (χ1) is 16.9. The third-order valence-corrected chi connectivity index (χ3v) is 6.83. The van der Waals surface area contributed by atoms with E-state index in [1.807, 2.05) is 67.5 Å². The topological polar surface area (TPSA) is 58.4 Å². The van der Waals surface area contributed by atoms with Gasteiger partial charge in [0.2, 0.25) is 5.91 Å². The lowest BCUT2D eigenvalue weighted by atomic mass is 10.1. The number of unbranched alkanes of at least 4 members (excludes halogenated alkanes) is 3. The molecule has 0 radical (unpaired) electrons. The maximum Gasteiger partial charge on any atom is 0.266 e. The SMILES string of the molecule is CCCCCCC(=O)N(CCN(C)C)C(CC)c1nc2ccccc2c(=O)n1-c1ccc(Br)cc1. The molecule has 0 N–H and O–H groups in total. The summed E-state index contributed by atoms with van der Waals surface area (Å²) >= 11 is 3.49. The number of carbonyl (C=O) groups excluding carboxylic acids is 1. The number of fused-ring (bicyclic) bond motifs is 1. The van der Waals surface area contributed by atoms with Crippen molar-refractivity contribution >= 4 is 32.7 Å². The molecule has 3 rings (SSSR count). The molecule has 0 aliphatic carbocycles. The molecule has 188 valence electrons. The van der Waals surface area contributed by atoms with Crippen molar-refractivity contribution in [1.82, 2.24) is 19.4 Å². The summed E-state index contributed by atoms with van der Waals surface area (Å²) in [6.45, 7) is 5.56. The Morgan fingerprint density at radius 1 is 1.00 bits per heavy atom. The molecule has 7 heteroatoms. The van der Waals surface area contributed by atoms with Crippen molar-refractivity contribution in [3.05, 3.63) is 69.2 Å². The molecule has 6 nitrogen and oxygen atoms in total. The van der Waals surface area contributed by atoms with Gasteiger partial charge in [0.15, 0.2) is 0 Å². The van der Waals surface area contributed by atoms with E-state index < -0.39 is 0 Å². The smallest absolute Gasteiger partial charge is 0.266 e. The monoisotopic (exact) mass is 540 g/mol. The van der Waals surface area contributed by atoms with E-state index in [0.717, 1.165) is 42.4 Å². The van der Waals surface area contributed by atoms with Gasteiger partial charge in [0.05, 0.1) is 22.6 Å². The zero-order chi connectivity index (χ0) is 25.4. The van der Waals surface area contributed by atoms with Crippen LogP contribution in [0.15, 0.2) is 57.8 Å². The highest BCUT2D eigenvalue weighted by atomic mass is 79.9. The molecule has 0 fully saturated rings. The van der Waals surface area contributed by atoms with Gasteiger partial charge >= 0.3 is 0 Å². The fourth-order valence-corrected chi connectivity index (χ4v) is 4.63. The minimum Gasteiger partial charge on any atom is -0.331 e. The van der Waals surface area contributed by atoms with Gasteiger partial charge in [-0.1, -0.05) is 61.2 Å². The third kappa shape index (κ3) is 6.79. The van der Waals surface area contributed by atoms with E-state index in [-0.39, 0.29) is 17.5 Å². The average Bonchev–Trinajstić information content (AvgIpc) is 2.85. The fourth-order valence-electron chi connectivity index (χ4n) is 4.36. The van der Waals surface area contributed by atoms with Gasteiger partial charge in [-0.05, 0) is 63.3 Å². The molecule has 0 saturated heterocycles. The van der Waals surface area contributed by atoms with Crippen molar-refractivity contribution < 1.29 is 4.79 Å². The molecule has 1 amide bonds. The Labute approximate surface area is 217 Å². The predicted octanol–water partition coefficient (Wildman–Crippen LogP) is 5.96. The zero-order valence-corrected chi connectivity index (χ0v) is 22.9. The van der Waals surface area contributed by atoms with Gasteiger partial charge in [0, 0.05) is 24.0 Å². The molecule has 2 aromatic carbocycles. The van der Waals surface area contributed by atoms with Crippen molar-refractivity contribution in [2.24, 2.45) is 0 Å². The van der Waals surface area contributed by atoms with Gasteiger partial charge in [-0.15, -0.1) is 0 Å². The van der Waals surface area contributed by atoms with E-state index in [9.17, 15) is 9.59 Å². The number of rotatable bonds is 12. The summed E-state index contributed by atoms with van der Waals surface area (Å²) in [5, 5.41) is 0.569. The second kappa shape index (κ2) is 13.0. The van der Waals surface area contributed by atoms with Gasteiger partial charge in [-0.25, -0.2) is 4.98 Å². The van der Waals surface area contributed by atoms with E-state index >= 15 is 0 Å². The van der Waals surface area contributed by atoms with Crippen LogP contribution >= 0.6 is 15.9 Å². The second-order valence-electron chi connectivity index (χ2n) is 9.23. The van der Waals surface area contributed by atoms with Gasteiger partial charge in [-0.2, -0.15) is 0 Å². The van der Waals surface area contributed by atoms with Crippen LogP contribution in [0.2, 0.25) is 0 Å². The third-order valence-electron chi connectivity index (χ3n) is 6.30. The van der Waals surface area contributed by atoms with E-state index in [0.29, 0.717) is 36.1 Å². The molecular formula is C28H37BrN4O2. The van der Waals surface area contributed by atoms with Crippen molar-refractivity contribution in [3.8, 4) is 5.69 Å². The van der Waals surface area contributed by atoms with Crippen LogP contribution in [0.25, 0.3) is 16.6 Å². The average molecular weight is 542 g/mol. The number of hydrogen-bond acceptors (Lipinski definition) is 4. The minimum absolute atomic E-state index is 0.116. The number of para-hydroxylation sites is 1. The molecule has 1 heterocycles. The molecule has 1 atom stereocenters. The summed E-state index contributed by atoms with van der Waals surface area (Å²) in [6, 6.07) is 14.8. The van der Waals surface area contributed by atoms with Gasteiger partial charge < -0.3 is 9.80 Å². The molecule has 35 heavy (non-hydrogen) atoms. The van der Waals surface area contributed by atoms with Gasteiger partial charge in [0.25, 0.3) is 5.56 Å². The van der Waals surface area contributed by atoms with Crippen LogP contribution in [0.4, 0.5) is 0 Å². The number of likely N-dealkylation sites (N-methyl/N-ethyl adjacent to an activating group) is 1. The molecular weight excluding hydrogens is 504 g/mol. The summed E-state index contributed by atoms with van der Waals surface area (Å²) < 4.78 is 2.63. The van der Waals surface area contributed by atoms with Gasteiger partial charge in [0.1, 0.15) is 5.82 Å². The largest absolute Gasteiger partial charge is 0.331 e. The molecule has 1 unspecified atom stereocenters. The van der Waals surface area contributed by atoms with Crippen LogP contribution < -0.4 is 5.56 Å². The lowest BCUT2D eigenvalue weighted by Crippen LogP contribution is -2.41.